The number of aliphatic hydroxyl groups excluding tert-OH is 2. The molecule has 0 radical (unpaired) electrons. The van der Waals surface area contributed by atoms with E-state index in [-0.39, 0.29) is 26.4 Å². The minimum Gasteiger partial charge on any atom is -0.496 e. The van der Waals surface area contributed by atoms with Crippen LogP contribution in [0, 0.1) is 18.3 Å². The number of hydrogen-bond acceptors (Lipinski definition) is 11. The average molecular weight is 826 g/mol. The molecule has 0 aliphatic heterocycles. The van der Waals surface area contributed by atoms with Gasteiger partial charge < -0.3 is 34.8 Å². The number of aromatic nitrogens is 3. The third kappa shape index (κ3) is 9.86. The zero-order valence-electron chi connectivity index (χ0n) is 31.8. The fourth-order valence-corrected chi connectivity index (χ4v) is 7.00. The van der Waals surface area contributed by atoms with E-state index in [9.17, 15) is 20.3 Å². The summed E-state index contributed by atoms with van der Waals surface area (Å²) in [7, 11) is 1.59. The molecule has 0 saturated carbocycles. The average Bonchev–Trinajstić information content (AvgIpc) is 3.64. The smallest absolute Gasteiger partial charge is 0.323 e. The van der Waals surface area contributed by atoms with Crippen LogP contribution in [0.4, 0.5) is 0 Å². The minimum atomic E-state index is -1.19. The summed E-state index contributed by atoms with van der Waals surface area (Å²) in [5.41, 5.74) is 8.10. The van der Waals surface area contributed by atoms with Crippen molar-refractivity contribution in [3.63, 3.8) is 0 Å². The third-order valence-corrected chi connectivity index (χ3v) is 10.3. The van der Waals surface area contributed by atoms with E-state index in [2.05, 4.69) is 40.7 Å². The van der Waals surface area contributed by atoms with E-state index < -0.39 is 18.6 Å². The number of ether oxygens (including phenoxy) is 3. The van der Waals surface area contributed by atoms with Gasteiger partial charge in [-0.05, 0) is 65.1 Å². The number of nitrogens with zero attached hydrogens (tertiary/aromatic N) is 4. The Morgan fingerprint density at radius 3 is 2.40 bits per heavy atom. The van der Waals surface area contributed by atoms with Crippen LogP contribution in [0.5, 0.6) is 17.2 Å². The van der Waals surface area contributed by atoms with Gasteiger partial charge in [0.2, 0.25) is 0 Å². The largest absolute Gasteiger partial charge is 0.496 e. The maximum Gasteiger partial charge on any atom is 0.323 e. The molecule has 300 valence electrons. The summed E-state index contributed by atoms with van der Waals surface area (Å²) in [4.78, 5) is 15.7. The van der Waals surface area contributed by atoms with Crippen LogP contribution in [-0.2, 0) is 37.6 Å². The summed E-state index contributed by atoms with van der Waals surface area (Å²) in [6, 6.07) is 21.8. The number of benzene rings is 4. The summed E-state index contributed by atoms with van der Waals surface area (Å²) in [6.45, 7) is 3.13. The number of pyridine rings is 1. The molecule has 0 saturated heterocycles. The van der Waals surface area contributed by atoms with Gasteiger partial charge in [-0.3, -0.25) is 19.8 Å². The maximum absolute atomic E-state index is 11.6. The first kappa shape index (κ1) is 41.9. The van der Waals surface area contributed by atoms with Gasteiger partial charge in [0.05, 0.1) is 49.2 Å². The Morgan fingerprint density at radius 2 is 1.64 bits per heavy atom. The second kappa shape index (κ2) is 19.6. The lowest BCUT2D eigenvalue weighted by atomic mass is 9.94. The summed E-state index contributed by atoms with van der Waals surface area (Å²) in [5, 5.41) is 50.0. The molecule has 13 nitrogen and oxygen atoms in total. The maximum atomic E-state index is 11.6. The highest BCUT2D eigenvalue weighted by molar-refractivity contribution is 6.32. The molecule has 2 heterocycles. The van der Waals surface area contributed by atoms with Crippen LogP contribution in [0.15, 0.2) is 85.3 Å². The van der Waals surface area contributed by atoms with Crippen molar-refractivity contribution < 1.29 is 34.3 Å². The number of aliphatic hydroxyl groups is 2. The Labute approximate surface area is 345 Å². The first-order chi connectivity index (χ1) is 28.1. The van der Waals surface area contributed by atoms with Crippen molar-refractivity contribution in [1.29, 1.82) is 5.26 Å². The molecule has 0 aliphatic carbocycles. The molecule has 0 aliphatic rings. The van der Waals surface area contributed by atoms with Crippen LogP contribution < -0.4 is 24.8 Å². The fourth-order valence-electron chi connectivity index (χ4n) is 6.51. The molecule has 0 amide bonds. The summed E-state index contributed by atoms with van der Waals surface area (Å²) >= 11 is 13.5. The third-order valence-electron chi connectivity index (χ3n) is 9.63. The molecule has 15 heteroatoms. The van der Waals surface area contributed by atoms with Crippen LogP contribution >= 0.6 is 23.2 Å². The number of hydrogen-bond donors (Lipinski definition) is 5. The number of carboxylic acid groups (broad SMARTS) is 1. The molecular weight excluding hydrogens is 783 g/mol. The number of carboxylic acids is 1. The Hall–Kier alpha value is -5.72. The number of nitriles is 1. The highest BCUT2D eigenvalue weighted by atomic mass is 35.5. The number of aliphatic carboxylic acids is 1. The Balaban J connectivity index is 1.25. The van der Waals surface area contributed by atoms with Crippen LogP contribution in [0.3, 0.4) is 0 Å². The topological polar surface area (TPSA) is 184 Å². The van der Waals surface area contributed by atoms with E-state index in [4.69, 9.17) is 47.6 Å². The lowest BCUT2D eigenvalue weighted by molar-refractivity contribution is -0.140. The Morgan fingerprint density at radius 1 is 0.879 bits per heavy atom. The molecule has 1 unspecified atom stereocenters. The first-order valence-electron chi connectivity index (χ1n) is 18.3. The number of carbonyl (C=O) groups is 1. The van der Waals surface area contributed by atoms with Gasteiger partial charge >= 0.3 is 5.97 Å². The predicted octanol–water partition coefficient (Wildman–Crippen LogP) is 6.42. The molecule has 0 spiro atoms. The first-order valence-corrected chi connectivity index (χ1v) is 19.1. The standard InChI is InChI=1S/C43H42Cl2N6O7/c1-26-29(25-58-42-15-40(56-2)30(13-37(42)45)19-47-9-10-52)5-3-6-33(26)34-7-4-8-39-35(34)21-50-51(39)22-32-14-41(57-24-28-11-27(16-46)17-48-18-28)31(12-36(32)44)20-49-38(23-53)43(54)55/h3-8,11-15,17-18,21,38,47,49,52-53H,9-10,19-20,22-25H2,1-2H3,(H,54,55). The van der Waals surface area contributed by atoms with Crippen LogP contribution in [0.1, 0.15) is 38.9 Å². The van der Waals surface area contributed by atoms with Gasteiger partial charge in [-0.1, -0.05) is 53.5 Å². The monoisotopic (exact) mass is 824 g/mol. The van der Waals surface area contributed by atoms with Crippen LogP contribution in [-0.4, -0.2) is 69.0 Å². The molecule has 58 heavy (non-hydrogen) atoms. The van der Waals surface area contributed by atoms with E-state index in [1.165, 1.54) is 6.20 Å². The second-order valence-corrected chi connectivity index (χ2v) is 14.2. The molecular formula is C43H42Cl2N6O7. The van der Waals surface area contributed by atoms with Crippen molar-refractivity contribution in [2.75, 3.05) is 26.9 Å². The van der Waals surface area contributed by atoms with Crippen molar-refractivity contribution in [2.45, 2.75) is 45.8 Å². The van der Waals surface area contributed by atoms with Gasteiger partial charge in [0.15, 0.2) is 0 Å². The molecule has 6 rings (SSSR count). The van der Waals surface area contributed by atoms with Gasteiger partial charge in [-0.25, -0.2) is 0 Å². The second-order valence-electron chi connectivity index (χ2n) is 13.4. The number of methoxy groups -OCH3 is 1. The van der Waals surface area contributed by atoms with Gasteiger partial charge in [-0.15, -0.1) is 0 Å². The highest BCUT2D eigenvalue weighted by Crippen LogP contribution is 2.36. The molecule has 1 atom stereocenters. The zero-order chi connectivity index (χ0) is 41.2. The zero-order valence-corrected chi connectivity index (χ0v) is 33.3. The Bertz CT molecular complexity index is 2450. The number of fused-ring (bicyclic) bond motifs is 1. The van der Waals surface area contributed by atoms with Crippen molar-refractivity contribution in [3.05, 3.63) is 134 Å². The summed E-state index contributed by atoms with van der Waals surface area (Å²) in [6.07, 6.45) is 4.90. The quantitative estimate of drug-likeness (QED) is 0.0566. The van der Waals surface area contributed by atoms with Crippen molar-refractivity contribution in [3.8, 4) is 34.4 Å². The van der Waals surface area contributed by atoms with Gasteiger partial charge in [0.1, 0.15) is 42.6 Å². The van der Waals surface area contributed by atoms with E-state index in [0.717, 1.165) is 38.7 Å². The summed E-state index contributed by atoms with van der Waals surface area (Å²) < 4.78 is 19.9. The molecule has 4 aromatic carbocycles. The number of halogens is 2. The fraction of sp³-hybridized carbons (Fsp3) is 0.256. The SMILES string of the molecule is COc1cc(OCc2cccc(-c3cccc4c3cnn4Cc3cc(OCc4cncc(C#N)c4)c(CNC(CO)C(=O)O)cc3Cl)c2C)c(Cl)cc1CNCCO. The van der Waals surface area contributed by atoms with E-state index in [1.807, 2.05) is 35.1 Å². The Kier molecular flexibility index (Phi) is 14.2. The number of nitrogens with one attached hydrogen (secondary N) is 2. The van der Waals surface area contributed by atoms with Gasteiger partial charge in [0, 0.05) is 65.2 Å². The summed E-state index contributed by atoms with van der Waals surface area (Å²) in [5.74, 6) is 0.371. The normalized spacial score (nSPS) is 11.7. The number of rotatable bonds is 19. The molecule has 0 bridgehead atoms. The van der Waals surface area contributed by atoms with Crippen LogP contribution in [0.25, 0.3) is 22.0 Å². The van der Waals surface area contributed by atoms with Crippen molar-refractivity contribution >= 4 is 40.1 Å². The van der Waals surface area contributed by atoms with Crippen LogP contribution in [0.2, 0.25) is 10.0 Å². The molecule has 2 aromatic heterocycles. The predicted molar refractivity (Wildman–Crippen MR) is 220 cm³/mol. The molecule has 0 fully saturated rings. The van der Waals surface area contributed by atoms with Gasteiger partial charge in [0.25, 0.3) is 0 Å². The van der Waals surface area contributed by atoms with E-state index in [0.29, 0.717) is 69.2 Å². The van der Waals surface area contributed by atoms with E-state index >= 15 is 0 Å². The molecule has 6 aromatic rings. The lowest BCUT2D eigenvalue weighted by Gasteiger charge is -2.18. The highest BCUT2D eigenvalue weighted by Gasteiger charge is 2.20. The lowest BCUT2D eigenvalue weighted by Crippen LogP contribution is -2.39. The van der Waals surface area contributed by atoms with E-state index in [1.54, 1.807) is 43.6 Å². The minimum absolute atomic E-state index is 0.0281. The van der Waals surface area contributed by atoms with Gasteiger partial charge in [-0.2, -0.15) is 10.4 Å². The van der Waals surface area contributed by atoms with Crippen molar-refractivity contribution in [1.82, 2.24) is 25.4 Å². The van der Waals surface area contributed by atoms with Crippen molar-refractivity contribution in [2.24, 2.45) is 0 Å². The molecule has 5 N–H and O–H groups in total.